The predicted molar refractivity (Wildman–Crippen MR) is 122 cm³/mol. The van der Waals surface area contributed by atoms with Crippen LogP contribution in [0.25, 0.3) is 0 Å². The van der Waals surface area contributed by atoms with Crippen LogP contribution in [0.4, 0.5) is 0 Å². The average molecular weight is 381 g/mol. The van der Waals surface area contributed by atoms with E-state index in [-0.39, 0.29) is 0 Å². The molecule has 0 unspecified atom stereocenters. The van der Waals surface area contributed by atoms with E-state index in [4.69, 9.17) is 5.73 Å². The fraction of sp³-hybridized carbons (Fsp3) is 0.571. The Balaban J connectivity index is -0.000000130. The highest BCUT2D eigenvalue weighted by atomic mass is 15.3. The fourth-order valence-electron chi connectivity index (χ4n) is 1.30. The van der Waals surface area contributed by atoms with Crippen LogP contribution in [-0.4, -0.2) is 32.3 Å². The summed E-state index contributed by atoms with van der Waals surface area (Å²) in [4.78, 5) is 3.83. The van der Waals surface area contributed by atoms with Crippen LogP contribution in [0.3, 0.4) is 0 Å². The lowest BCUT2D eigenvalue weighted by Gasteiger charge is -1.87. The summed E-state index contributed by atoms with van der Waals surface area (Å²) < 4.78 is 3.62. The Kier molecular flexibility index (Phi) is 31.0. The van der Waals surface area contributed by atoms with E-state index < -0.39 is 0 Å². The van der Waals surface area contributed by atoms with Gasteiger partial charge >= 0.3 is 0 Å². The first-order chi connectivity index (χ1) is 12.9. The summed E-state index contributed by atoms with van der Waals surface area (Å²) in [5.41, 5.74) is 8.29. The quantitative estimate of drug-likeness (QED) is 0.701. The molecule has 0 spiro atoms. The van der Waals surface area contributed by atoms with Gasteiger partial charge < -0.3 is 5.73 Å². The van der Waals surface area contributed by atoms with Gasteiger partial charge in [0.05, 0.1) is 5.69 Å². The van der Waals surface area contributed by atoms with E-state index in [1.54, 1.807) is 24.0 Å². The largest absolute Gasteiger partial charge is 0.405 e. The first kappa shape index (κ1) is 32.3. The van der Waals surface area contributed by atoms with Crippen molar-refractivity contribution in [2.75, 3.05) is 7.05 Å². The molecule has 0 fully saturated rings. The van der Waals surface area contributed by atoms with E-state index in [0.717, 1.165) is 11.4 Å². The first-order valence-electron chi connectivity index (χ1n) is 9.63. The van der Waals surface area contributed by atoms with Crippen molar-refractivity contribution in [1.82, 2.24) is 19.6 Å². The number of aliphatic imine (C=N–C) groups is 1. The molecule has 6 nitrogen and oxygen atoms in total. The normalized spacial score (nSPS) is 8.96. The van der Waals surface area contributed by atoms with Crippen LogP contribution in [0.2, 0.25) is 0 Å². The molecule has 2 N–H and O–H groups in total. The van der Waals surface area contributed by atoms with Crippen LogP contribution < -0.4 is 5.73 Å². The first-order valence-corrected chi connectivity index (χ1v) is 9.63. The molecule has 0 atom stereocenters. The molecule has 2 rings (SSSR count). The van der Waals surface area contributed by atoms with Crippen molar-refractivity contribution in [3.63, 3.8) is 0 Å². The minimum absolute atomic E-state index is 0.947. The average Bonchev–Trinajstić information content (AvgIpc) is 3.29. The summed E-state index contributed by atoms with van der Waals surface area (Å²) in [5.74, 6) is 0. The molecule has 6 heteroatoms. The minimum atomic E-state index is 0.947. The van der Waals surface area contributed by atoms with Gasteiger partial charge in [-0.2, -0.15) is 10.2 Å². The van der Waals surface area contributed by atoms with Gasteiger partial charge in [-0.3, -0.25) is 14.4 Å². The van der Waals surface area contributed by atoms with E-state index >= 15 is 0 Å². The van der Waals surface area contributed by atoms with Crippen LogP contribution in [0.15, 0.2) is 41.8 Å². The highest BCUT2D eigenvalue weighted by molar-refractivity contribution is 5.92. The molecule has 0 saturated carbocycles. The van der Waals surface area contributed by atoms with Crippen LogP contribution in [-0.2, 0) is 14.1 Å². The highest BCUT2D eigenvalue weighted by Crippen LogP contribution is 1.97. The van der Waals surface area contributed by atoms with Crippen molar-refractivity contribution in [2.45, 2.75) is 62.3 Å². The Morgan fingerprint density at radius 1 is 1.07 bits per heavy atom. The van der Waals surface area contributed by atoms with Gasteiger partial charge in [0.15, 0.2) is 0 Å². The lowest BCUT2D eigenvalue weighted by Crippen LogP contribution is -1.91. The number of aromatic nitrogens is 4. The molecule has 0 aliphatic rings. The van der Waals surface area contributed by atoms with Crippen molar-refractivity contribution in [1.29, 1.82) is 0 Å². The number of hydrogen-bond acceptors (Lipinski definition) is 4. The number of allylic oxidation sites excluding steroid dienone is 1. The van der Waals surface area contributed by atoms with Gasteiger partial charge in [-0.05, 0) is 45.2 Å². The maximum atomic E-state index is 5.04. The van der Waals surface area contributed by atoms with Gasteiger partial charge in [-0.1, -0.05) is 41.5 Å². The van der Waals surface area contributed by atoms with E-state index in [2.05, 4.69) is 21.3 Å². The lowest BCUT2D eigenvalue weighted by molar-refractivity contribution is 0.731. The van der Waals surface area contributed by atoms with Gasteiger partial charge in [-0.25, -0.2) is 0 Å². The molecule has 0 amide bonds. The van der Waals surface area contributed by atoms with Gasteiger partial charge in [0.25, 0.3) is 0 Å². The maximum absolute atomic E-state index is 5.04. The Bertz CT molecular complexity index is 532. The van der Waals surface area contributed by atoms with Crippen molar-refractivity contribution >= 4 is 5.71 Å². The zero-order valence-electron chi connectivity index (χ0n) is 19.8. The smallest absolute Gasteiger partial charge is 0.0596 e. The molecule has 0 bridgehead atoms. The molecule has 27 heavy (non-hydrogen) atoms. The Morgan fingerprint density at radius 2 is 1.59 bits per heavy atom. The second-order valence-corrected chi connectivity index (χ2v) is 4.45. The summed E-state index contributed by atoms with van der Waals surface area (Å²) in [5, 5.41) is 7.96. The molecule has 0 saturated heterocycles. The molecule has 0 aliphatic heterocycles. The zero-order chi connectivity index (χ0) is 22.3. The summed E-state index contributed by atoms with van der Waals surface area (Å²) >= 11 is 0. The molecule has 0 aliphatic carbocycles. The molecule has 2 aromatic heterocycles. The second kappa shape index (κ2) is 25.9. The standard InChI is InChI=1S/C6H10N2.C5H10N2.C4H6N2.3C2H6/c1-5-4-6(2)8(3)7-5;1-5(7-2)3-4-6;1-6-4-2-3-5-6;3*1-2/h4H,1-3H3;3-4H,6H2,1-2H3;2-4H,1H3;3*1-2H3/b;4-3-,7-5?;;;;. The van der Waals surface area contributed by atoms with Crippen molar-refractivity contribution < 1.29 is 0 Å². The van der Waals surface area contributed by atoms with Gasteiger partial charge in [-0.15, -0.1) is 0 Å². The maximum Gasteiger partial charge on any atom is 0.0596 e. The number of rotatable bonds is 1. The van der Waals surface area contributed by atoms with Crippen LogP contribution >= 0.6 is 0 Å². The van der Waals surface area contributed by atoms with E-state index in [1.807, 2.05) is 93.4 Å². The Hall–Kier alpha value is -2.37. The summed E-state index contributed by atoms with van der Waals surface area (Å²) in [6, 6.07) is 3.94. The molecule has 2 aromatic rings. The number of aryl methyl sites for hydroxylation is 4. The SMILES string of the molecule is CC.CC.CC.CN=C(C)/C=C\N.Cc1cc(C)n(C)n1.Cn1cccn1. The Labute approximate surface area is 168 Å². The highest BCUT2D eigenvalue weighted by Gasteiger charge is 1.91. The topological polar surface area (TPSA) is 74.0 Å². The third-order valence-corrected chi connectivity index (χ3v) is 2.56. The van der Waals surface area contributed by atoms with E-state index in [1.165, 1.54) is 11.9 Å². The van der Waals surface area contributed by atoms with Crippen molar-refractivity contribution in [3.05, 3.63) is 48.2 Å². The third kappa shape index (κ3) is 23.6. The summed E-state index contributed by atoms with van der Waals surface area (Å²) in [6.45, 7) is 17.9. The molecule has 0 radical (unpaired) electrons. The van der Waals surface area contributed by atoms with E-state index in [9.17, 15) is 0 Å². The molecule has 2 heterocycles. The van der Waals surface area contributed by atoms with Crippen molar-refractivity contribution in [3.8, 4) is 0 Å². The summed E-state index contributed by atoms with van der Waals surface area (Å²) in [6.07, 6.45) is 6.86. The Morgan fingerprint density at radius 3 is 1.70 bits per heavy atom. The van der Waals surface area contributed by atoms with Crippen molar-refractivity contribution in [2.24, 2.45) is 24.8 Å². The second-order valence-electron chi connectivity index (χ2n) is 4.45. The molecular weight excluding hydrogens is 336 g/mol. The fourth-order valence-corrected chi connectivity index (χ4v) is 1.30. The van der Waals surface area contributed by atoms with Gasteiger partial charge in [0.2, 0.25) is 0 Å². The van der Waals surface area contributed by atoms with Crippen LogP contribution in [0.5, 0.6) is 0 Å². The van der Waals surface area contributed by atoms with E-state index in [0.29, 0.717) is 0 Å². The summed E-state index contributed by atoms with van der Waals surface area (Å²) in [7, 11) is 5.57. The van der Waals surface area contributed by atoms with Crippen LogP contribution in [0.1, 0.15) is 59.9 Å². The number of hydrogen-bond donors (Lipinski definition) is 1. The number of nitrogens with two attached hydrogens (primary N) is 1. The lowest BCUT2D eigenvalue weighted by atomic mass is 10.4. The third-order valence-electron chi connectivity index (χ3n) is 2.56. The zero-order valence-corrected chi connectivity index (χ0v) is 19.8. The van der Waals surface area contributed by atoms with Gasteiger partial charge in [0.1, 0.15) is 0 Å². The minimum Gasteiger partial charge on any atom is -0.405 e. The molecular formula is C21H44N6. The van der Waals surface area contributed by atoms with Gasteiger partial charge in [0, 0.05) is 44.9 Å². The van der Waals surface area contributed by atoms with Crippen LogP contribution in [0, 0.1) is 13.8 Å². The predicted octanol–water partition coefficient (Wildman–Crippen LogP) is 5.09. The monoisotopic (exact) mass is 380 g/mol. The number of nitrogens with zero attached hydrogens (tertiary/aromatic N) is 5. The molecule has 158 valence electrons. The molecule has 0 aromatic carbocycles.